The van der Waals surface area contributed by atoms with E-state index in [1.165, 1.54) is 43.2 Å². The van der Waals surface area contributed by atoms with Crippen molar-refractivity contribution in [3.05, 3.63) is 88.9 Å². The third-order valence-corrected chi connectivity index (χ3v) is 7.10. The normalized spacial score (nSPS) is 11.6. The van der Waals surface area contributed by atoms with Crippen molar-refractivity contribution in [3.8, 4) is 5.75 Å². The number of sulfonamides is 1. The van der Waals surface area contributed by atoms with Crippen LogP contribution in [-0.2, 0) is 14.8 Å². The minimum absolute atomic E-state index is 0.0183. The maximum Gasteiger partial charge on any atom is 0.264 e. The molecule has 0 radical (unpaired) electrons. The largest absolute Gasteiger partial charge is 0.497 e. The van der Waals surface area contributed by atoms with Crippen LogP contribution in [0.5, 0.6) is 5.75 Å². The molecule has 0 bridgehead atoms. The summed E-state index contributed by atoms with van der Waals surface area (Å²) in [6, 6.07) is 19.9. The molecule has 0 atom stereocenters. The van der Waals surface area contributed by atoms with Crippen LogP contribution in [-0.4, -0.2) is 34.2 Å². The molecule has 34 heavy (non-hydrogen) atoms. The van der Waals surface area contributed by atoms with Crippen LogP contribution in [0, 0.1) is 0 Å². The van der Waals surface area contributed by atoms with Gasteiger partial charge in [0.15, 0.2) is 0 Å². The number of amides is 1. The summed E-state index contributed by atoms with van der Waals surface area (Å²) in [4.78, 5) is 12.6. The number of ether oxygens (including phenoxy) is 1. The minimum atomic E-state index is -4.06. The van der Waals surface area contributed by atoms with Gasteiger partial charge in [-0.3, -0.25) is 9.10 Å². The SMILES string of the molecule is COc1ccc(S(=O)(=O)N(CC(=O)N/N=C/c2ccc(C(C)C)cc2)c2ccc(Cl)cc2)cc1. The summed E-state index contributed by atoms with van der Waals surface area (Å²) in [6.45, 7) is 3.74. The van der Waals surface area contributed by atoms with Crippen LogP contribution >= 0.6 is 11.6 Å². The molecule has 0 unspecified atom stereocenters. The molecule has 0 fully saturated rings. The average molecular weight is 500 g/mol. The Kier molecular flexibility index (Phi) is 8.31. The lowest BCUT2D eigenvalue weighted by Crippen LogP contribution is -2.39. The zero-order valence-electron chi connectivity index (χ0n) is 19.1. The first-order chi connectivity index (χ1) is 16.2. The molecule has 1 amide bonds. The van der Waals surface area contributed by atoms with E-state index in [4.69, 9.17) is 16.3 Å². The van der Waals surface area contributed by atoms with Crippen LogP contribution in [0.25, 0.3) is 0 Å². The number of nitrogens with zero attached hydrogens (tertiary/aromatic N) is 2. The second-order valence-electron chi connectivity index (χ2n) is 7.78. The third-order valence-electron chi connectivity index (χ3n) is 5.06. The van der Waals surface area contributed by atoms with Gasteiger partial charge >= 0.3 is 0 Å². The lowest BCUT2D eigenvalue weighted by atomic mass is 10.0. The Morgan fingerprint density at radius 3 is 2.21 bits per heavy atom. The van der Waals surface area contributed by atoms with E-state index in [1.807, 2.05) is 24.3 Å². The van der Waals surface area contributed by atoms with Crippen molar-refractivity contribution < 1.29 is 17.9 Å². The fourth-order valence-corrected chi connectivity index (χ4v) is 4.66. The Balaban J connectivity index is 1.79. The molecular formula is C25H26ClN3O4S. The molecular weight excluding hydrogens is 474 g/mol. The van der Waals surface area contributed by atoms with Crippen LogP contribution in [0.4, 0.5) is 5.69 Å². The molecule has 3 aromatic carbocycles. The molecule has 0 aromatic heterocycles. The second-order valence-corrected chi connectivity index (χ2v) is 10.1. The predicted molar refractivity (Wildman–Crippen MR) is 135 cm³/mol. The molecule has 0 spiro atoms. The monoisotopic (exact) mass is 499 g/mol. The Labute approximate surface area is 205 Å². The van der Waals surface area contributed by atoms with Crippen LogP contribution in [0.1, 0.15) is 30.9 Å². The van der Waals surface area contributed by atoms with Crippen LogP contribution in [0.15, 0.2) is 82.8 Å². The summed E-state index contributed by atoms with van der Waals surface area (Å²) < 4.78 is 32.8. The topological polar surface area (TPSA) is 88.1 Å². The van der Waals surface area contributed by atoms with Gasteiger partial charge in [0.1, 0.15) is 12.3 Å². The van der Waals surface area contributed by atoms with Crippen molar-refractivity contribution in [2.75, 3.05) is 18.0 Å². The van der Waals surface area contributed by atoms with Crippen molar-refractivity contribution in [2.45, 2.75) is 24.7 Å². The summed E-state index contributed by atoms with van der Waals surface area (Å²) in [7, 11) is -2.56. The molecule has 7 nitrogen and oxygen atoms in total. The van der Waals surface area contributed by atoms with Gasteiger partial charge in [0.2, 0.25) is 0 Å². The average Bonchev–Trinajstić information content (AvgIpc) is 2.83. The van der Waals surface area contributed by atoms with E-state index in [1.54, 1.807) is 24.3 Å². The smallest absolute Gasteiger partial charge is 0.264 e. The molecule has 178 valence electrons. The van der Waals surface area contributed by atoms with Gasteiger partial charge in [-0.25, -0.2) is 13.8 Å². The first-order valence-electron chi connectivity index (χ1n) is 10.5. The van der Waals surface area contributed by atoms with Crippen LogP contribution in [0.2, 0.25) is 5.02 Å². The number of rotatable bonds is 9. The highest BCUT2D eigenvalue weighted by Crippen LogP contribution is 2.26. The summed E-state index contributed by atoms with van der Waals surface area (Å²) in [5, 5.41) is 4.42. The van der Waals surface area contributed by atoms with Gasteiger partial charge < -0.3 is 4.74 Å². The molecule has 0 aliphatic rings. The summed E-state index contributed by atoms with van der Waals surface area (Å²) in [5.41, 5.74) is 4.70. The molecule has 3 aromatic rings. The number of anilines is 1. The summed E-state index contributed by atoms with van der Waals surface area (Å²) in [5.74, 6) is 0.338. The standard InChI is InChI=1S/C25H26ClN3O4S/c1-18(2)20-6-4-19(5-7-20)16-27-28-25(30)17-29(22-10-8-21(26)9-11-22)34(31,32)24-14-12-23(33-3)13-15-24/h4-16,18H,17H2,1-3H3,(H,28,30)/b27-16+. The van der Waals surface area contributed by atoms with Gasteiger partial charge in [-0.05, 0) is 65.6 Å². The quantitative estimate of drug-likeness (QED) is 0.338. The Hall–Kier alpha value is -3.36. The maximum atomic E-state index is 13.4. The van der Waals surface area contributed by atoms with Gasteiger partial charge in [-0.2, -0.15) is 5.10 Å². The third kappa shape index (κ3) is 6.36. The lowest BCUT2D eigenvalue weighted by molar-refractivity contribution is -0.119. The minimum Gasteiger partial charge on any atom is -0.497 e. The van der Waals surface area contributed by atoms with E-state index in [-0.39, 0.29) is 4.90 Å². The Bertz CT molecular complexity index is 1240. The molecule has 1 N–H and O–H groups in total. The Morgan fingerprint density at radius 2 is 1.65 bits per heavy atom. The highest BCUT2D eigenvalue weighted by atomic mass is 35.5. The van der Waals surface area contributed by atoms with E-state index in [2.05, 4.69) is 24.4 Å². The first-order valence-corrected chi connectivity index (χ1v) is 12.4. The number of methoxy groups -OCH3 is 1. The van der Waals surface area contributed by atoms with Gasteiger partial charge in [0.25, 0.3) is 15.9 Å². The maximum absolute atomic E-state index is 13.4. The van der Waals surface area contributed by atoms with Gasteiger partial charge in [0.05, 0.1) is 23.9 Å². The lowest BCUT2D eigenvalue weighted by Gasteiger charge is -2.23. The van der Waals surface area contributed by atoms with Crippen LogP contribution in [0.3, 0.4) is 0 Å². The van der Waals surface area contributed by atoms with Crippen molar-refractivity contribution in [2.24, 2.45) is 5.10 Å². The molecule has 3 rings (SSSR count). The number of nitrogens with one attached hydrogen (secondary N) is 1. The second kappa shape index (κ2) is 11.2. The fourth-order valence-electron chi connectivity index (χ4n) is 3.11. The van der Waals surface area contributed by atoms with Gasteiger partial charge in [-0.1, -0.05) is 49.7 Å². The van der Waals surface area contributed by atoms with Crippen molar-refractivity contribution in [3.63, 3.8) is 0 Å². The number of halogens is 1. The molecule has 9 heteroatoms. The van der Waals surface area contributed by atoms with Gasteiger partial charge in [-0.15, -0.1) is 0 Å². The highest BCUT2D eigenvalue weighted by molar-refractivity contribution is 7.92. The summed E-state index contributed by atoms with van der Waals surface area (Å²) >= 11 is 5.96. The fraction of sp³-hybridized carbons (Fsp3) is 0.200. The number of hydrogen-bond donors (Lipinski definition) is 1. The first kappa shape index (κ1) is 25.3. The zero-order valence-corrected chi connectivity index (χ0v) is 20.7. The number of hydrazone groups is 1. The van der Waals surface area contributed by atoms with Crippen molar-refractivity contribution in [1.82, 2.24) is 5.43 Å². The Morgan fingerprint density at radius 1 is 1.03 bits per heavy atom. The summed E-state index contributed by atoms with van der Waals surface area (Å²) in [6.07, 6.45) is 1.51. The number of benzene rings is 3. The molecule has 0 saturated heterocycles. The molecule has 0 heterocycles. The zero-order chi connectivity index (χ0) is 24.7. The van der Waals surface area contributed by atoms with E-state index >= 15 is 0 Å². The van der Waals surface area contributed by atoms with Crippen LogP contribution < -0.4 is 14.5 Å². The number of hydrogen-bond acceptors (Lipinski definition) is 5. The van der Waals surface area contributed by atoms with E-state index in [0.717, 1.165) is 9.87 Å². The number of carbonyl (C=O) groups is 1. The van der Waals surface area contributed by atoms with E-state index < -0.39 is 22.5 Å². The molecule has 0 aliphatic heterocycles. The highest BCUT2D eigenvalue weighted by Gasteiger charge is 2.27. The molecule has 0 aliphatic carbocycles. The van der Waals surface area contributed by atoms with E-state index in [0.29, 0.717) is 22.4 Å². The molecule has 0 saturated carbocycles. The van der Waals surface area contributed by atoms with Crippen molar-refractivity contribution >= 4 is 39.4 Å². The number of carbonyl (C=O) groups excluding carboxylic acids is 1. The van der Waals surface area contributed by atoms with Gasteiger partial charge in [0, 0.05) is 5.02 Å². The van der Waals surface area contributed by atoms with Crippen molar-refractivity contribution in [1.29, 1.82) is 0 Å². The predicted octanol–water partition coefficient (Wildman–Crippen LogP) is 4.82. The van der Waals surface area contributed by atoms with E-state index in [9.17, 15) is 13.2 Å².